The van der Waals surface area contributed by atoms with Crippen LogP contribution in [0.2, 0.25) is 0 Å². The fourth-order valence-electron chi connectivity index (χ4n) is 1.33. The van der Waals surface area contributed by atoms with E-state index in [1.807, 2.05) is 0 Å². The van der Waals surface area contributed by atoms with Crippen molar-refractivity contribution in [3.63, 3.8) is 0 Å². The van der Waals surface area contributed by atoms with E-state index in [1.165, 1.54) is 6.08 Å². The fourth-order valence-corrected chi connectivity index (χ4v) is 1.33. The number of ether oxygens (including phenoxy) is 2. The fraction of sp³-hybridized carbons (Fsp3) is 0.357. The van der Waals surface area contributed by atoms with Gasteiger partial charge in [-0.2, -0.15) is 0 Å². The summed E-state index contributed by atoms with van der Waals surface area (Å²) in [6, 6.07) is 5.31. The predicted molar refractivity (Wildman–Crippen MR) is 70.0 cm³/mol. The van der Waals surface area contributed by atoms with Crippen molar-refractivity contribution >= 4 is 12.0 Å². The topological polar surface area (TPSA) is 55.8 Å². The van der Waals surface area contributed by atoms with E-state index >= 15 is 0 Å². The minimum absolute atomic E-state index is 0.432. The molecule has 0 unspecified atom stereocenters. The Labute approximate surface area is 107 Å². The van der Waals surface area contributed by atoms with Crippen molar-refractivity contribution in [2.45, 2.75) is 13.8 Å². The lowest BCUT2D eigenvalue weighted by Gasteiger charge is -2.12. The Kier molecular flexibility index (Phi) is 5.24. The van der Waals surface area contributed by atoms with Crippen molar-refractivity contribution < 1.29 is 19.4 Å². The molecule has 1 N–H and O–H groups in total. The molecule has 4 heteroatoms. The van der Waals surface area contributed by atoms with Gasteiger partial charge in [-0.3, -0.25) is 0 Å². The van der Waals surface area contributed by atoms with Gasteiger partial charge in [0.2, 0.25) is 0 Å². The van der Waals surface area contributed by atoms with Crippen molar-refractivity contribution in [2.24, 2.45) is 5.92 Å². The molecule has 0 atom stereocenters. The van der Waals surface area contributed by atoms with E-state index in [4.69, 9.17) is 14.6 Å². The number of carboxylic acids is 1. The molecule has 0 aromatic heterocycles. The maximum atomic E-state index is 10.4. The summed E-state index contributed by atoms with van der Waals surface area (Å²) in [5, 5.41) is 8.56. The first-order valence-electron chi connectivity index (χ1n) is 5.74. The average molecular weight is 250 g/mol. The minimum Gasteiger partial charge on any atom is -0.493 e. The maximum absolute atomic E-state index is 10.4. The van der Waals surface area contributed by atoms with Crippen LogP contribution in [0, 0.1) is 5.92 Å². The van der Waals surface area contributed by atoms with Gasteiger partial charge < -0.3 is 14.6 Å². The predicted octanol–water partition coefficient (Wildman–Crippen LogP) is 2.83. The van der Waals surface area contributed by atoms with Gasteiger partial charge in [-0.05, 0) is 29.7 Å². The maximum Gasteiger partial charge on any atom is 0.328 e. The largest absolute Gasteiger partial charge is 0.493 e. The SMILES string of the molecule is COc1cc(/C=C/C(=O)O)ccc1OCC(C)C. The van der Waals surface area contributed by atoms with Gasteiger partial charge in [0.05, 0.1) is 13.7 Å². The molecule has 0 saturated carbocycles. The molecule has 1 aromatic rings. The highest BCUT2D eigenvalue weighted by molar-refractivity contribution is 5.85. The molecule has 0 saturated heterocycles. The van der Waals surface area contributed by atoms with Gasteiger partial charge in [0.25, 0.3) is 0 Å². The lowest BCUT2D eigenvalue weighted by atomic mass is 10.2. The summed E-state index contributed by atoms with van der Waals surface area (Å²) in [6.45, 7) is 4.74. The van der Waals surface area contributed by atoms with Gasteiger partial charge >= 0.3 is 5.97 Å². The second-order valence-corrected chi connectivity index (χ2v) is 4.29. The summed E-state index contributed by atoms with van der Waals surface area (Å²) in [5.74, 6) is 0.720. The average Bonchev–Trinajstić information content (AvgIpc) is 2.34. The molecule has 0 spiro atoms. The van der Waals surface area contributed by atoms with Crippen LogP contribution in [0.5, 0.6) is 11.5 Å². The van der Waals surface area contributed by atoms with Crippen LogP contribution in [0.4, 0.5) is 0 Å². The molecule has 0 heterocycles. The molecule has 98 valence electrons. The molecular weight excluding hydrogens is 232 g/mol. The second-order valence-electron chi connectivity index (χ2n) is 4.29. The number of hydrogen-bond donors (Lipinski definition) is 1. The van der Waals surface area contributed by atoms with Gasteiger partial charge in [0.15, 0.2) is 11.5 Å². The molecule has 0 bridgehead atoms. The van der Waals surface area contributed by atoms with Gasteiger partial charge in [-0.15, -0.1) is 0 Å². The van der Waals surface area contributed by atoms with E-state index in [0.29, 0.717) is 24.0 Å². The van der Waals surface area contributed by atoms with Crippen molar-refractivity contribution in [1.29, 1.82) is 0 Å². The van der Waals surface area contributed by atoms with Crippen molar-refractivity contribution in [3.05, 3.63) is 29.8 Å². The number of methoxy groups -OCH3 is 1. The Balaban J connectivity index is 2.85. The van der Waals surface area contributed by atoms with Crippen molar-refractivity contribution in [3.8, 4) is 11.5 Å². The van der Waals surface area contributed by atoms with Gasteiger partial charge in [0, 0.05) is 6.08 Å². The summed E-state index contributed by atoms with van der Waals surface area (Å²) in [4.78, 5) is 10.4. The molecule has 18 heavy (non-hydrogen) atoms. The molecule has 0 aliphatic heterocycles. The summed E-state index contributed by atoms with van der Waals surface area (Å²) in [6.07, 6.45) is 2.60. The van der Waals surface area contributed by atoms with E-state index < -0.39 is 5.97 Å². The van der Waals surface area contributed by atoms with Crippen LogP contribution in [-0.2, 0) is 4.79 Å². The third kappa shape index (κ3) is 4.49. The summed E-state index contributed by atoms with van der Waals surface area (Å²) < 4.78 is 10.8. The zero-order valence-corrected chi connectivity index (χ0v) is 10.8. The Morgan fingerprint density at radius 1 is 1.39 bits per heavy atom. The molecule has 4 nitrogen and oxygen atoms in total. The molecule has 0 fully saturated rings. The number of carboxylic acid groups (broad SMARTS) is 1. The van der Waals surface area contributed by atoms with Crippen molar-refractivity contribution in [1.82, 2.24) is 0 Å². The monoisotopic (exact) mass is 250 g/mol. The van der Waals surface area contributed by atoms with E-state index in [1.54, 1.807) is 25.3 Å². The van der Waals surface area contributed by atoms with Gasteiger partial charge in [0.1, 0.15) is 0 Å². The molecule has 0 radical (unpaired) electrons. The number of aliphatic carboxylic acids is 1. The van der Waals surface area contributed by atoms with Gasteiger partial charge in [-0.1, -0.05) is 19.9 Å². The first kappa shape index (κ1) is 14.1. The van der Waals surface area contributed by atoms with Crippen LogP contribution in [0.25, 0.3) is 6.08 Å². The molecule has 1 rings (SSSR count). The number of benzene rings is 1. The molecular formula is C14H18O4. The van der Waals surface area contributed by atoms with E-state index in [-0.39, 0.29) is 0 Å². The lowest BCUT2D eigenvalue weighted by molar-refractivity contribution is -0.131. The smallest absolute Gasteiger partial charge is 0.328 e. The third-order valence-electron chi connectivity index (χ3n) is 2.18. The van der Waals surface area contributed by atoms with Crippen LogP contribution in [0.3, 0.4) is 0 Å². The second kappa shape index (κ2) is 6.69. The Morgan fingerprint density at radius 3 is 2.67 bits per heavy atom. The van der Waals surface area contributed by atoms with E-state index in [9.17, 15) is 4.79 Å². The minimum atomic E-state index is -0.978. The quantitative estimate of drug-likeness (QED) is 0.789. The van der Waals surface area contributed by atoms with Crippen molar-refractivity contribution in [2.75, 3.05) is 13.7 Å². The normalized spacial score (nSPS) is 10.9. The number of carbonyl (C=O) groups is 1. The zero-order chi connectivity index (χ0) is 13.5. The molecule has 0 aliphatic rings. The highest BCUT2D eigenvalue weighted by atomic mass is 16.5. The first-order valence-corrected chi connectivity index (χ1v) is 5.74. The third-order valence-corrected chi connectivity index (χ3v) is 2.18. The van der Waals surface area contributed by atoms with Crippen LogP contribution in [-0.4, -0.2) is 24.8 Å². The van der Waals surface area contributed by atoms with Crippen LogP contribution in [0.15, 0.2) is 24.3 Å². The summed E-state index contributed by atoms with van der Waals surface area (Å²) >= 11 is 0. The van der Waals surface area contributed by atoms with E-state index in [0.717, 1.165) is 11.6 Å². The highest BCUT2D eigenvalue weighted by Gasteiger charge is 2.05. The Morgan fingerprint density at radius 2 is 2.11 bits per heavy atom. The molecule has 1 aromatic carbocycles. The zero-order valence-electron chi connectivity index (χ0n) is 10.8. The lowest BCUT2D eigenvalue weighted by Crippen LogP contribution is -2.05. The highest BCUT2D eigenvalue weighted by Crippen LogP contribution is 2.28. The molecule has 0 aliphatic carbocycles. The van der Waals surface area contributed by atoms with Crippen LogP contribution < -0.4 is 9.47 Å². The van der Waals surface area contributed by atoms with E-state index in [2.05, 4.69) is 13.8 Å². The summed E-state index contributed by atoms with van der Waals surface area (Å²) in [5.41, 5.74) is 0.756. The van der Waals surface area contributed by atoms with Crippen LogP contribution >= 0.6 is 0 Å². The number of rotatable bonds is 6. The van der Waals surface area contributed by atoms with Gasteiger partial charge in [-0.25, -0.2) is 4.79 Å². The summed E-state index contributed by atoms with van der Waals surface area (Å²) in [7, 11) is 1.56. The Bertz CT molecular complexity index is 435. The standard InChI is InChI=1S/C14H18O4/c1-10(2)9-18-12-6-4-11(5-7-14(15)16)8-13(12)17-3/h4-8,10H,9H2,1-3H3,(H,15,16)/b7-5+. The Hall–Kier alpha value is -1.97. The van der Waals surface area contributed by atoms with Crippen LogP contribution in [0.1, 0.15) is 19.4 Å². The molecule has 0 amide bonds. The first-order chi connectivity index (χ1) is 8.52. The number of hydrogen-bond acceptors (Lipinski definition) is 3.